The van der Waals surface area contributed by atoms with E-state index >= 15 is 0 Å². The Morgan fingerprint density at radius 2 is 2.18 bits per heavy atom. The first-order valence-electron chi connectivity index (χ1n) is 6.08. The number of esters is 1. The third-order valence-corrected chi connectivity index (χ3v) is 3.57. The molecule has 3 nitrogen and oxygen atoms in total. The SMILES string of the molecule is COC(=O)[C@@H]1CNCC[C@H]1c1ccccc1C. The van der Waals surface area contributed by atoms with Crippen LogP contribution in [0, 0.1) is 12.8 Å². The number of aryl methyl sites for hydroxylation is 1. The Balaban J connectivity index is 2.28. The van der Waals surface area contributed by atoms with E-state index in [1.165, 1.54) is 18.2 Å². The highest BCUT2D eigenvalue weighted by Crippen LogP contribution is 2.32. The van der Waals surface area contributed by atoms with Crippen LogP contribution in [0.2, 0.25) is 0 Å². The number of piperidine rings is 1. The van der Waals surface area contributed by atoms with Crippen molar-refractivity contribution in [2.24, 2.45) is 5.92 Å². The summed E-state index contributed by atoms with van der Waals surface area (Å²) in [7, 11) is 1.46. The molecule has 1 aromatic carbocycles. The van der Waals surface area contributed by atoms with Crippen molar-refractivity contribution in [1.29, 1.82) is 0 Å². The van der Waals surface area contributed by atoms with Crippen molar-refractivity contribution in [2.45, 2.75) is 19.3 Å². The number of rotatable bonds is 2. The first-order chi connectivity index (χ1) is 8.24. The van der Waals surface area contributed by atoms with Gasteiger partial charge in [-0.15, -0.1) is 0 Å². The first-order valence-corrected chi connectivity index (χ1v) is 6.08. The van der Waals surface area contributed by atoms with Gasteiger partial charge < -0.3 is 10.1 Å². The van der Waals surface area contributed by atoms with Crippen LogP contribution in [-0.4, -0.2) is 26.2 Å². The summed E-state index contributed by atoms with van der Waals surface area (Å²) in [6, 6.07) is 8.30. The topological polar surface area (TPSA) is 38.3 Å². The van der Waals surface area contributed by atoms with Crippen molar-refractivity contribution < 1.29 is 9.53 Å². The molecule has 1 fully saturated rings. The Morgan fingerprint density at radius 3 is 2.88 bits per heavy atom. The van der Waals surface area contributed by atoms with Gasteiger partial charge in [0.2, 0.25) is 0 Å². The number of hydrogen-bond acceptors (Lipinski definition) is 3. The van der Waals surface area contributed by atoms with Gasteiger partial charge in [-0.1, -0.05) is 24.3 Å². The molecular weight excluding hydrogens is 214 g/mol. The minimum Gasteiger partial charge on any atom is -0.469 e. The lowest BCUT2D eigenvalue weighted by molar-refractivity contribution is -0.146. The summed E-state index contributed by atoms with van der Waals surface area (Å²) in [6.45, 7) is 3.78. The quantitative estimate of drug-likeness (QED) is 0.792. The van der Waals surface area contributed by atoms with Gasteiger partial charge in [0.1, 0.15) is 0 Å². The fourth-order valence-corrected chi connectivity index (χ4v) is 2.63. The maximum absolute atomic E-state index is 11.8. The number of nitrogens with one attached hydrogen (secondary N) is 1. The van der Waals surface area contributed by atoms with Crippen LogP contribution in [-0.2, 0) is 9.53 Å². The van der Waals surface area contributed by atoms with Crippen LogP contribution in [0.1, 0.15) is 23.5 Å². The maximum atomic E-state index is 11.8. The van der Waals surface area contributed by atoms with E-state index in [9.17, 15) is 4.79 Å². The Hall–Kier alpha value is -1.35. The molecule has 0 spiro atoms. The van der Waals surface area contributed by atoms with E-state index < -0.39 is 0 Å². The second-order valence-corrected chi connectivity index (χ2v) is 4.59. The average Bonchev–Trinajstić information content (AvgIpc) is 2.38. The molecule has 2 rings (SSSR count). The Labute approximate surface area is 102 Å². The zero-order chi connectivity index (χ0) is 12.3. The summed E-state index contributed by atoms with van der Waals surface area (Å²) in [6.07, 6.45) is 0.991. The molecule has 1 heterocycles. The van der Waals surface area contributed by atoms with Crippen molar-refractivity contribution in [2.75, 3.05) is 20.2 Å². The van der Waals surface area contributed by atoms with Gasteiger partial charge >= 0.3 is 5.97 Å². The Morgan fingerprint density at radius 1 is 1.41 bits per heavy atom. The van der Waals surface area contributed by atoms with Gasteiger partial charge in [0, 0.05) is 6.54 Å². The predicted octanol–water partition coefficient (Wildman–Crippen LogP) is 1.86. The molecule has 1 N–H and O–H groups in total. The molecule has 1 aliphatic rings. The Kier molecular flexibility index (Phi) is 3.79. The molecule has 1 aliphatic heterocycles. The van der Waals surface area contributed by atoms with Crippen molar-refractivity contribution in [3.05, 3.63) is 35.4 Å². The number of hydrogen-bond donors (Lipinski definition) is 1. The summed E-state index contributed by atoms with van der Waals surface area (Å²) in [5.41, 5.74) is 2.54. The minimum absolute atomic E-state index is 0.0603. The van der Waals surface area contributed by atoms with Crippen molar-refractivity contribution in [3.63, 3.8) is 0 Å². The van der Waals surface area contributed by atoms with Crippen LogP contribution >= 0.6 is 0 Å². The van der Waals surface area contributed by atoms with Crippen molar-refractivity contribution in [3.8, 4) is 0 Å². The van der Waals surface area contributed by atoms with Crippen LogP contribution in [0.3, 0.4) is 0 Å². The zero-order valence-electron chi connectivity index (χ0n) is 10.4. The molecule has 92 valence electrons. The summed E-state index contributed by atoms with van der Waals surface area (Å²) in [5.74, 6) is 0.116. The van der Waals surface area contributed by atoms with E-state index in [2.05, 4.69) is 24.4 Å². The lowest BCUT2D eigenvalue weighted by atomic mass is 9.79. The summed E-state index contributed by atoms with van der Waals surface area (Å²) in [5, 5.41) is 3.27. The molecule has 17 heavy (non-hydrogen) atoms. The third kappa shape index (κ3) is 2.50. The fourth-order valence-electron chi connectivity index (χ4n) is 2.63. The number of carbonyl (C=O) groups excluding carboxylic acids is 1. The van der Waals surface area contributed by atoms with Gasteiger partial charge in [-0.2, -0.15) is 0 Å². The summed E-state index contributed by atoms with van der Waals surface area (Å²) < 4.78 is 4.90. The number of benzene rings is 1. The highest BCUT2D eigenvalue weighted by Gasteiger charge is 2.33. The highest BCUT2D eigenvalue weighted by atomic mass is 16.5. The van der Waals surface area contributed by atoms with Gasteiger partial charge in [0.05, 0.1) is 13.0 Å². The fraction of sp³-hybridized carbons (Fsp3) is 0.500. The molecular formula is C14H19NO2. The highest BCUT2D eigenvalue weighted by molar-refractivity contribution is 5.74. The normalized spacial score (nSPS) is 24.4. The maximum Gasteiger partial charge on any atom is 0.310 e. The molecule has 0 saturated carbocycles. The van der Waals surface area contributed by atoms with Crippen LogP contribution in [0.5, 0.6) is 0 Å². The molecule has 0 unspecified atom stereocenters. The molecule has 0 amide bonds. The van der Waals surface area contributed by atoms with Crippen LogP contribution in [0.15, 0.2) is 24.3 Å². The van der Waals surface area contributed by atoms with E-state index in [4.69, 9.17) is 4.74 Å². The van der Waals surface area contributed by atoms with Crippen LogP contribution in [0.4, 0.5) is 0 Å². The predicted molar refractivity (Wildman–Crippen MR) is 66.9 cm³/mol. The van der Waals surface area contributed by atoms with Crippen molar-refractivity contribution >= 4 is 5.97 Å². The number of carbonyl (C=O) groups is 1. The summed E-state index contributed by atoms with van der Waals surface area (Å²) >= 11 is 0. The third-order valence-electron chi connectivity index (χ3n) is 3.57. The molecule has 3 heteroatoms. The standard InChI is InChI=1S/C14H19NO2/c1-10-5-3-4-6-11(10)12-7-8-15-9-13(12)14(16)17-2/h3-6,12-13,15H,7-9H2,1-2H3/t12-,13+/m0/s1. The molecule has 2 atom stereocenters. The zero-order valence-corrected chi connectivity index (χ0v) is 10.4. The van der Waals surface area contributed by atoms with Gasteiger partial charge in [0.15, 0.2) is 0 Å². The smallest absolute Gasteiger partial charge is 0.310 e. The minimum atomic E-state index is -0.106. The molecule has 0 aromatic heterocycles. The molecule has 1 saturated heterocycles. The van der Waals surface area contributed by atoms with Gasteiger partial charge in [-0.3, -0.25) is 4.79 Å². The molecule has 0 radical (unpaired) electrons. The molecule has 0 aliphatic carbocycles. The second-order valence-electron chi connectivity index (χ2n) is 4.59. The average molecular weight is 233 g/mol. The second kappa shape index (κ2) is 5.32. The van der Waals surface area contributed by atoms with E-state index in [1.807, 2.05) is 12.1 Å². The molecule has 1 aromatic rings. The van der Waals surface area contributed by atoms with E-state index in [1.54, 1.807) is 0 Å². The lowest BCUT2D eigenvalue weighted by Gasteiger charge is -2.31. The molecule has 0 bridgehead atoms. The number of ether oxygens (including phenoxy) is 1. The van der Waals surface area contributed by atoms with Gasteiger partial charge in [-0.05, 0) is 36.9 Å². The number of methoxy groups -OCH3 is 1. The Bertz CT molecular complexity index is 403. The van der Waals surface area contributed by atoms with Crippen LogP contribution in [0.25, 0.3) is 0 Å². The lowest BCUT2D eigenvalue weighted by Crippen LogP contribution is -2.40. The largest absolute Gasteiger partial charge is 0.469 e. The van der Waals surface area contributed by atoms with Crippen LogP contribution < -0.4 is 5.32 Å². The van der Waals surface area contributed by atoms with E-state index in [-0.39, 0.29) is 17.8 Å². The van der Waals surface area contributed by atoms with E-state index in [0.717, 1.165) is 13.0 Å². The van der Waals surface area contributed by atoms with Gasteiger partial charge in [-0.25, -0.2) is 0 Å². The van der Waals surface area contributed by atoms with Crippen molar-refractivity contribution in [1.82, 2.24) is 5.32 Å². The monoisotopic (exact) mass is 233 g/mol. The van der Waals surface area contributed by atoms with E-state index in [0.29, 0.717) is 6.54 Å². The van der Waals surface area contributed by atoms with Gasteiger partial charge in [0.25, 0.3) is 0 Å². The summed E-state index contributed by atoms with van der Waals surface area (Å²) in [4.78, 5) is 11.8. The first kappa shape index (κ1) is 12.1.